The van der Waals surface area contributed by atoms with E-state index >= 15 is 0 Å². The molecule has 0 N–H and O–H groups in total. The van der Waals surface area contributed by atoms with E-state index in [2.05, 4.69) is 0 Å². The summed E-state index contributed by atoms with van der Waals surface area (Å²) in [7, 11) is 0. The number of hydrogen-bond acceptors (Lipinski definition) is 6. The van der Waals surface area contributed by atoms with Crippen molar-refractivity contribution in [2.24, 2.45) is 0 Å². The van der Waals surface area contributed by atoms with Gasteiger partial charge in [-0.1, -0.05) is 20.8 Å². The molecule has 0 atom stereocenters. The van der Waals surface area contributed by atoms with Crippen LogP contribution in [0.3, 0.4) is 0 Å². The number of hydrogen-bond donors (Lipinski definition) is 0. The molecule has 22 heavy (non-hydrogen) atoms. The zero-order valence-corrected chi connectivity index (χ0v) is 14.9. The van der Waals surface area contributed by atoms with E-state index in [4.69, 9.17) is 0 Å². The third-order valence-electron chi connectivity index (χ3n) is 1.22. The maximum absolute atomic E-state index is 9.98. The molecule has 0 saturated carbocycles. The van der Waals surface area contributed by atoms with Crippen molar-refractivity contribution in [1.29, 1.82) is 0 Å². The second-order valence-electron chi connectivity index (χ2n) is 4.10. The number of rotatable bonds is 3. The summed E-state index contributed by atoms with van der Waals surface area (Å²) < 4.78 is 0. The minimum atomic E-state index is -0.187. The Morgan fingerprint density at radius 2 is 0.682 bits per heavy atom. The van der Waals surface area contributed by atoms with E-state index in [1.54, 1.807) is 0 Å². The number of ketones is 3. The van der Waals surface area contributed by atoms with Gasteiger partial charge in [-0.25, -0.2) is 0 Å². The topological polar surface area (TPSA) is 120 Å². The average Bonchev–Trinajstić information content (AvgIpc) is 2.10. The fourth-order valence-corrected chi connectivity index (χ4v) is 0.859. The molecule has 0 radical (unpaired) electrons. The Morgan fingerprint density at radius 1 is 0.545 bits per heavy atom. The molecule has 7 heteroatoms. The fraction of sp³-hybridized carbons (Fsp3) is 0.400. The SMILES string of the molecule is CC(=O)/C=C(/C)[O-].CC(=O)/C=C(/C)[O-].CC(=O)/C=C(/C)[O-].[Cr+2]. The van der Waals surface area contributed by atoms with E-state index in [0.717, 1.165) is 18.2 Å². The Bertz CT molecular complexity index is 368. The van der Waals surface area contributed by atoms with Gasteiger partial charge in [-0.2, -0.15) is 0 Å². The Labute approximate surface area is 142 Å². The molecule has 0 bridgehead atoms. The Hall–Kier alpha value is -1.84. The van der Waals surface area contributed by atoms with E-state index < -0.39 is 0 Å². The molecule has 0 aromatic carbocycles. The third kappa shape index (κ3) is 51.8. The van der Waals surface area contributed by atoms with E-state index in [1.807, 2.05) is 0 Å². The summed E-state index contributed by atoms with van der Waals surface area (Å²) in [6.07, 6.45) is 3.17. The van der Waals surface area contributed by atoms with Crippen LogP contribution in [0.2, 0.25) is 0 Å². The van der Waals surface area contributed by atoms with Gasteiger partial charge in [-0.15, -0.1) is 17.3 Å². The van der Waals surface area contributed by atoms with Crippen LogP contribution in [0, 0.1) is 0 Å². The van der Waals surface area contributed by atoms with Crippen LogP contribution in [-0.4, -0.2) is 17.3 Å². The summed E-state index contributed by atoms with van der Waals surface area (Å²) in [4.78, 5) is 29.9. The predicted molar refractivity (Wildman–Crippen MR) is 73.3 cm³/mol. The number of allylic oxidation sites excluding steroid dienone is 6. The molecule has 6 nitrogen and oxygen atoms in total. The van der Waals surface area contributed by atoms with E-state index in [0.29, 0.717) is 0 Å². The first-order valence-corrected chi connectivity index (χ1v) is 5.96. The van der Waals surface area contributed by atoms with Crippen LogP contribution in [0.1, 0.15) is 41.5 Å². The summed E-state index contributed by atoms with van der Waals surface area (Å²) in [5.41, 5.74) is 0. The minimum absolute atomic E-state index is 0. The molecule has 0 saturated heterocycles. The molecule has 0 aliphatic carbocycles. The molecule has 0 rings (SSSR count). The van der Waals surface area contributed by atoms with Crippen LogP contribution >= 0.6 is 0 Å². The van der Waals surface area contributed by atoms with Crippen LogP contribution < -0.4 is 15.3 Å². The van der Waals surface area contributed by atoms with Crippen LogP contribution in [0.25, 0.3) is 0 Å². The van der Waals surface area contributed by atoms with Gasteiger partial charge in [0.25, 0.3) is 0 Å². The van der Waals surface area contributed by atoms with Gasteiger partial charge in [-0.3, -0.25) is 14.4 Å². The molecule has 0 aromatic heterocycles. The van der Waals surface area contributed by atoms with Crippen molar-refractivity contribution >= 4 is 17.3 Å². The zero-order valence-electron chi connectivity index (χ0n) is 13.6. The molecule has 0 aromatic rings. The van der Waals surface area contributed by atoms with Crippen LogP contribution in [0.5, 0.6) is 0 Å². The molecule has 0 amide bonds. The quantitative estimate of drug-likeness (QED) is 0.501. The summed E-state index contributed by atoms with van der Waals surface area (Å²) >= 11 is 0. The smallest absolute Gasteiger partial charge is 0.876 e. The summed E-state index contributed by atoms with van der Waals surface area (Å²) in [6.45, 7) is 8.09. The largest absolute Gasteiger partial charge is 2.00 e. The first kappa shape index (κ1) is 28.3. The fourth-order valence-electron chi connectivity index (χ4n) is 0.859. The Morgan fingerprint density at radius 3 is 0.682 bits per heavy atom. The molecule has 0 aliphatic rings. The van der Waals surface area contributed by atoms with E-state index in [-0.39, 0.29) is 52.0 Å². The van der Waals surface area contributed by atoms with Crippen molar-refractivity contribution in [2.45, 2.75) is 41.5 Å². The molecule has 0 unspecified atom stereocenters. The summed E-state index contributed by atoms with van der Waals surface area (Å²) in [5, 5.41) is 29.9. The van der Waals surface area contributed by atoms with Crippen molar-refractivity contribution in [2.75, 3.05) is 0 Å². The van der Waals surface area contributed by atoms with Crippen molar-refractivity contribution < 1.29 is 47.1 Å². The zero-order chi connectivity index (χ0) is 17.6. The Kier molecular flexibility index (Phi) is 22.2. The molecule has 0 heterocycles. The maximum Gasteiger partial charge on any atom is 2.00 e. The first-order chi connectivity index (χ1) is 9.38. The summed E-state index contributed by atoms with van der Waals surface area (Å²) in [6, 6.07) is 0. The first-order valence-electron chi connectivity index (χ1n) is 5.96. The van der Waals surface area contributed by atoms with Gasteiger partial charge in [0, 0.05) is 0 Å². The van der Waals surface area contributed by atoms with Gasteiger partial charge in [0.15, 0.2) is 17.3 Å². The predicted octanol–water partition coefficient (Wildman–Crippen LogP) is -0.484. The van der Waals surface area contributed by atoms with Crippen molar-refractivity contribution in [1.82, 2.24) is 0 Å². The minimum Gasteiger partial charge on any atom is -0.876 e. The van der Waals surface area contributed by atoms with Crippen LogP contribution in [0.15, 0.2) is 35.5 Å². The molecular weight excluding hydrogens is 328 g/mol. The van der Waals surface area contributed by atoms with Gasteiger partial charge >= 0.3 is 17.4 Å². The molecule has 124 valence electrons. The van der Waals surface area contributed by atoms with Crippen molar-refractivity contribution in [3.8, 4) is 0 Å². The van der Waals surface area contributed by atoms with Gasteiger partial charge in [0.2, 0.25) is 0 Å². The standard InChI is InChI=1S/3C5H8O2.Cr/c3*1-4(6)3-5(2)7;/h3*3,6H,1-2H3;/q;;;+2/p-3/b3*4-3-;. The van der Waals surface area contributed by atoms with Crippen molar-refractivity contribution in [3.05, 3.63) is 35.5 Å². The van der Waals surface area contributed by atoms with E-state index in [1.165, 1.54) is 41.5 Å². The monoisotopic (exact) mass is 349 g/mol. The second-order valence-corrected chi connectivity index (χ2v) is 4.10. The van der Waals surface area contributed by atoms with Gasteiger partial charge in [-0.05, 0) is 39.0 Å². The third-order valence-corrected chi connectivity index (χ3v) is 1.22. The van der Waals surface area contributed by atoms with Crippen LogP contribution in [0.4, 0.5) is 0 Å². The van der Waals surface area contributed by atoms with Gasteiger partial charge in [0.1, 0.15) is 0 Å². The molecule has 0 fully saturated rings. The number of carbonyl (C=O) groups excluding carboxylic acids is 3. The van der Waals surface area contributed by atoms with Crippen molar-refractivity contribution in [3.63, 3.8) is 0 Å². The Balaban J connectivity index is -0.000000108. The molecule has 0 aliphatic heterocycles. The second kappa shape index (κ2) is 17.2. The van der Waals surface area contributed by atoms with E-state index in [9.17, 15) is 29.7 Å². The maximum atomic E-state index is 9.98. The van der Waals surface area contributed by atoms with Gasteiger partial charge in [0.05, 0.1) is 0 Å². The normalized spacial score (nSPS) is 10.9. The van der Waals surface area contributed by atoms with Gasteiger partial charge < -0.3 is 15.3 Å². The summed E-state index contributed by atoms with van der Waals surface area (Å²) in [5.74, 6) is -1.12. The number of carbonyl (C=O) groups is 3. The average molecular weight is 349 g/mol. The van der Waals surface area contributed by atoms with Crippen LogP contribution in [-0.2, 0) is 31.7 Å². The molecular formula is C15H21CrO6-. The molecule has 0 spiro atoms.